The van der Waals surface area contributed by atoms with Crippen LogP contribution < -0.4 is 4.74 Å². The summed E-state index contributed by atoms with van der Waals surface area (Å²) in [4.78, 5) is 4.02. The average molecular weight is 434 g/mol. The Bertz CT molecular complexity index is 790. The molecule has 0 unspecified atom stereocenters. The minimum atomic E-state index is -0.0931. The molecule has 164 valence electrons. The van der Waals surface area contributed by atoms with E-state index in [4.69, 9.17) is 4.74 Å². The molecule has 0 aromatic heterocycles. The first-order chi connectivity index (χ1) is 15.4. The number of unbranched alkanes of at least 4 members (excludes halogenated alkanes) is 8. The Balaban J connectivity index is 1.47. The average Bonchev–Trinajstić information content (AvgIpc) is 2.83. The van der Waals surface area contributed by atoms with E-state index in [-0.39, 0.29) is 10.9 Å². The van der Waals surface area contributed by atoms with Crippen molar-refractivity contribution in [2.24, 2.45) is 0 Å². The third kappa shape index (κ3) is 8.10. The van der Waals surface area contributed by atoms with Gasteiger partial charge in [0.05, 0.1) is 17.5 Å². The van der Waals surface area contributed by atoms with Gasteiger partial charge in [0.25, 0.3) is 0 Å². The third-order valence-corrected chi connectivity index (χ3v) is 7.76. The van der Waals surface area contributed by atoms with Crippen LogP contribution in [0.25, 0.3) is 0 Å². The van der Waals surface area contributed by atoms with Gasteiger partial charge >= 0.3 is 0 Å². The highest BCUT2D eigenvalue weighted by atomic mass is 32.2. The fraction of sp³-hybridized carbons (Fsp3) is 0.379. The number of benzene rings is 3. The molecule has 31 heavy (non-hydrogen) atoms. The fourth-order valence-corrected chi connectivity index (χ4v) is 5.88. The van der Waals surface area contributed by atoms with Gasteiger partial charge in [0.15, 0.2) is 14.7 Å². The first-order valence-corrected chi connectivity index (χ1v) is 13.2. The molecule has 0 radical (unpaired) electrons. The van der Waals surface area contributed by atoms with Gasteiger partial charge in [0.2, 0.25) is 0 Å². The van der Waals surface area contributed by atoms with Gasteiger partial charge in [-0.05, 0) is 55.0 Å². The number of rotatable bonds is 14. The summed E-state index contributed by atoms with van der Waals surface area (Å²) in [5.74, 6) is 0.980. The van der Waals surface area contributed by atoms with Crippen LogP contribution in [0.3, 0.4) is 0 Å². The van der Waals surface area contributed by atoms with Crippen molar-refractivity contribution in [2.75, 3.05) is 6.61 Å². The van der Waals surface area contributed by atoms with Crippen molar-refractivity contribution in [1.82, 2.24) is 0 Å². The molecule has 0 aliphatic carbocycles. The molecule has 0 saturated carbocycles. The van der Waals surface area contributed by atoms with Crippen LogP contribution in [0.2, 0.25) is 0 Å². The quantitative estimate of drug-likeness (QED) is 0.182. The van der Waals surface area contributed by atoms with Crippen molar-refractivity contribution in [3.63, 3.8) is 0 Å². The van der Waals surface area contributed by atoms with E-state index in [1.54, 1.807) is 0 Å². The summed E-state index contributed by atoms with van der Waals surface area (Å²) >= 11 is 0. The molecule has 3 rings (SSSR count). The van der Waals surface area contributed by atoms with E-state index >= 15 is 0 Å². The second-order valence-corrected chi connectivity index (χ2v) is 10.1. The zero-order valence-corrected chi connectivity index (χ0v) is 19.8. The van der Waals surface area contributed by atoms with Crippen molar-refractivity contribution in [3.8, 4) is 5.75 Å². The lowest BCUT2D eigenvalue weighted by atomic mass is 10.1. The highest BCUT2D eigenvalue weighted by molar-refractivity contribution is 7.97. The van der Waals surface area contributed by atoms with Crippen LogP contribution in [0.5, 0.6) is 5.75 Å². The third-order valence-electron chi connectivity index (χ3n) is 5.53. The van der Waals surface area contributed by atoms with Gasteiger partial charge in [-0.2, -0.15) is 0 Å². The summed E-state index contributed by atoms with van der Waals surface area (Å²) < 4.78 is 6.01. The Morgan fingerprint density at radius 1 is 0.516 bits per heavy atom. The van der Waals surface area contributed by atoms with Gasteiger partial charge in [-0.15, -0.1) is 0 Å². The summed E-state index contributed by atoms with van der Waals surface area (Å²) in [6.45, 7) is 3.09. The van der Waals surface area contributed by atoms with Crippen molar-refractivity contribution in [1.29, 1.82) is 0 Å². The van der Waals surface area contributed by atoms with Gasteiger partial charge < -0.3 is 4.74 Å². The second-order valence-electron chi connectivity index (χ2n) is 8.08. The molecule has 3 aromatic carbocycles. The Kier molecular flexibility index (Phi) is 10.6. The van der Waals surface area contributed by atoms with E-state index in [1.807, 2.05) is 0 Å². The lowest BCUT2D eigenvalue weighted by Crippen LogP contribution is -2.04. The van der Waals surface area contributed by atoms with Gasteiger partial charge in [-0.3, -0.25) is 0 Å². The van der Waals surface area contributed by atoms with Crippen LogP contribution in [-0.4, -0.2) is 6.61 Å². The Morgan fingerprint density at radius 2 is 0.968 bits per heavy atom. The highest BCUT2D eigenvalue weighted by Crippen LogP contribution is 2.31. The number of ether oxygens (including phenoxy) is 1. The van der Waals surface area contributed by atoms with E-state index in [2.05, 4.69) is 91.9 Å². The Morgan fingerprint density at radius 3 is 1.48 bits per heavy atom. The van der Waals surface area contributed by atoms with E-state index in [0.29, 0.717) is 0 Å². The monoisotopic (exact) mass is 433 g/mol. The first-order valence-electron chi connectivity index (χ1n) is 12.0. The van der Waals surface area contributed by atoms with Gasteiger partial charge in [-0.25, -0.2) is 0 Å². The van der Waals surface area contributed by atoms with Crippen LogP contribution >= 0.6 is 0 Å². The predicted octanol–water partition coefficient (Wildman–Crippen LogP) is 8.69. The smallest absolute Gasteiger partial charge is 0.166 e. The SMILES string of the molecule is CCCCCCCCCCCOc1ccc([S+](c2ccccc2)c2ccccc2)cc1. The fourth-order valence-electron chi connectivity index (χ4n) is 3.80. The van der Waals surface area contributed by atoms with E-state index in [9.17, 15) is 0 Å². The molecular weight excluding hydrogens is 396 g/mol. The molecule has 0 atom stereocenters. The standard InChI is InChI=1S/C29H37OS/c1-2-3-4-5-6-7-8-9-16-25-30-26-21-23-29(24-22-26)31(27-17-12-10-13-18-27)28-19-14-11-15-20-28/h10-15,17-24H,2-9,16,25H2,1H3/q+1. The normalized spacial score (nSPS) is 11.0. The molecule has 0 aliphatic heterocycles. The molecule has 2 heteroatoms. The Labute approximate surface area is 192 Å². The lowest BCUT2D eigenvalue weighted by molar-refractivity contribution is 0.304. The summed E-state index contributed by atoms with van der Waals surface area (Å²) in [6, 6.07) is 30.3. The van der Waals surface area contributed by atoms with Crippen LogP contribution in [0, 0.1) is 0 Å². The topological polar surface area (TPSA) is 9.23 Å². The molecule has 0 amide bonds. The number of hydrogen-bond donors (Lipinski definition) is 0. The Hall–Kier alpha value is -2.19. The molecule has 0 spiro atoms. The molecule has 1 nitrogen and oxygen atoms in total. The molecule has 0 fully saturated rings. The van der Waals surface area contributed by atoms with E-state index in [1.165, 1.54) is 66.1 Å². The molecule has 0 bridgehead atoms. The maximum atomic E-state index is 6.01. The molecule has 3 aromatic rings. The summed E-state index contributed by atoms with van der Waals surface area (Å²) in [5.41, 5.74) is 0. The molecule has 0 N–H and O–H groups in total. The minimum absolute atomic E-state index is 0.0931. The molecule has 0 saturated heterocycles. The van der Waals surface area contributed by atoms with Crippen molar-refractivity contribution < 1.29 is 4.74 Å². The van der Waals surface area contributed by atoms with E-state index in [0.717, 1.165) is 18.8 Å². The molecule has 0 heterocycles. The predicted molar refractivity (Wildman–Crippen MR) is 134 cm³/mol. The van der Waals surface area contributed by atoms with Crippen molar-refractivity contribution in [3.05, 3.63) is 84.9 Å². The largest absolute Gasteiger partial charge is 0.494 e. The van der Waals surface area contributed by atoms with Crippen LogP contribution in [0.1, 0.15) is 64.7 Å². The second kappa shape index (κ2) is 14.0. The summed E-state index contributed by atoms with van der Waals surface area (Å²) in [6.07, 6.45) is 12.1. The molecule has 0 aliphatic rings. The van der Waals surface area contributed by atoms with E-state index < -0.39 is 0 Å². The van der Waals surface area contributed by atoms with Crippen LogP contribution in [-0.2, 0) is 10.9 Å². The zero-order valence-electron chi connectivity index (χ0n) is 19.0. The zero-order chi connectivity index (χ0) is 21.6. The summed E-state index contributed by atoms with van der Waals surface area (Å²) in [5, 5.41) is 0. The van der Waals surface area contributed by atoms with Gasteiger partial charge in [-0.1, -0.05) is 94.7 Å². The van der Waals surface area contributed by atoms with Crippen LogP contribution in [0.4, 0.5) is 0 Å². The highest BCUT2D eigenvalue weighted by Gasteiger charge is 2.28. The maximum Gasteiger partial charge on any atom is 0.166 e. The van der Waals surface area contributed by atoms with Gasteiger partial charge in [0, 0.05) is 0 Å². The minimum Gasteiger partial charge on any atom is -0.494 e. The lowest BCUT2D eigenvalue weighted by Gasteiger charge is -2.09. The van der Waals surface area contributed by atoms with Crippen molar-refractivity contribution in [2.45, 2.75) is 79.4 Å². The first kappa shape index (κ1) is 23.5. The van der Waals surface area contributed by atoms with Gasteiger partial charge in [0.1, 0.15) is 5.75 Å². The maximum absolute atomic E-state index is 6.01. The van der Waals surface area contributed by atoms with Crippen molar-refractivity contribution >= 4 is 10.9 Å². The molecular formula is C29H37OS+. The number of hydrogen-bond acceptors (Lipinski definition) is 1. The summed E-state index contributed by atoms with van der Waals surface area (Å²) in [7, 11) is -0.0931. The van der Waals surface area contributed by atoms with Crippen LogP contribution in [0.15, 0.2) is 99.6 Å².